The van der Waals surface area contributed by atoms with Crippen molar-refractivity contribution >= 4 is 5.91 Å². The van der Waals surface area contributed by atoms with Crippen LogP contribution >= 0.6 is 0 Å². The van der Waals surface area contributed by atoms with E-state index in [2.05, 4.69) is 0 Å². The van der Waals surface area contributed by atoms with Crippen molar-refractivity contribution < 1.29 is 19.2 Å². The number of carbonyl (C=O) groups excluding carboxylic acids is 1. The predicted molar refractivity (Wildman–Crippen MR) is 76.0 cm³/mol. The van der Waals surface area contributed by atoms with Crippen molar-refractivity contribution in [2.24, 2.45) is 5.73 Å². The smallest absolute Gasteiger partial charge is 0.275 e. The summed E-state index contributed by atoms with van der Waals surface area (Å²) in [4.78, 5) is 12.7. The highest BCUT2D eigenvalue weighted by Gasteiger charge is 2.37. The van der Waals surface area contributed by atoms with E-state index >= 15 is 0 Å². The standard InChI is InChI=1S/C15H22N2O3/c1-10(15(16)18)17-8-4-5-13(17)12-7-6-11(19-2)9-14(12)20-3/h6-7,9-10,13H,4-5,8H2,1-3H3,(H2,16,18)/p+1/t10-,13-/m1/s1. The number of carbonyl (C=O) groups is 1. The summed E-state index contributed by atoms with van der Waals surface area (Å²) < 4.78 is 10.7. The number of amides is 1. The molecule has 0 bridgehead atoms. The summed E-state index contributed by atoms with van der Waals surface area (Å²) in [5, 5.41) is 0. The third kappa shape index (κ3) is 2.72. The van der Waals surface area contributed by atoms with E-state index in [4.69, 9.17) is 15.2 Å². The van der Waals surface area contributed by atoms with Crippen LogP contribution in [0.2, 0.25) is 0 Å². The Morgan fingerprint density at radius 2 is 2.15 bits per heavy atom. The van der Waals surface area contributed by atoms with Gasteiger partial charge in [-0.2, -0.15) is 0 Å². The zero-order valence-corrected chi connectivity index (χ0v) is 12.3. The molecule has 1 heterocycles. The Bertz CT molecular complexity index is 490. The molecule has 5 nitrogen and oxygen atoms in total. The number of hydrogen-bond donors (Lipinski definition) is 2. The Labute approximate surface area is 119 Å². The van der Waals surface area contributed by atoms with Crippen LogP contribution in [0.1, 0.15) is 31.4 Å². The van der Waals surface area contributed by atoms with Gasteiger partial charge in [-0.25, -0.2) is 0 Å². The lowest BCUT2D eigenvalue weighted by atomic mass is 10.0. The molecule has 1 aromatic rings. The van der Waals surface area contributed by atoms with Crippen LogP contribution in [0.5, 0.6) is 11.5 Å². The van der Waals surface area contributed by atoms with Crippen molar-refractivity contribution in [1.29, 1.82) is 0 Å². The molecule has 0 saturated carbocycles. The third-order valence-corrected chi connectivity index (χ3v) is 4.20. The summed E-state index contributed by atoms with van der Waals surface area (Å²) in [6.45, 7) is 2.86. The Morgan fingerprint density at radius 3 is 2.75 bits per heavy atom. The van der Waals surface area contributed by atoms with Gasteiger partial charge in [0.05, 0.1) is 26.3 Å². The van der Waals surface area contributed by atoms with Gasteiger partial charge in [-0.05, 0) is 19.1 Å². The molecule has 0 spiro atoms. The highest BCUT2D eigenvalue weighted by Crippen LogP contribution is 2.31. The second-order valence-electron chi connectivity index (χ2n) is 5.25. The van der Waals surface area contributed by atoms with E-state index in [1.165, 1.54) is 4.90 Å². The highest BCUT2D eigenvalue weighted by atomic mass is 16.5. The number of benzene rings is 1. The molecule has 1 aliphatic rings. The first-order chi connectivity index (χ1) is 9.58. The highest BCUT2D eigenvalue weighted by molar-refractivity contribution is 5.77. The molecule has 2 rings (SSSR count). The molecule has 1 aliphatic heterocycles. The fraction of sp³-hybridized carbons (Fsp3) is 0.533. The molecule has 0 aliphatic carbocycles. The maximum Gasteiger partial charge on any atom is 0.275 e. The zero-order chi connectivity index (χ0) is 14.7. The van der Waals surface area contributed by atoms with Crippen LogP contribution in [0.3, 0.4) is 0 Å². The van der Waals surface area contributed by atoms with Crippen molar-refractivity contribution in [3.63, 3.8) is 0 Å². The number of nitrogens with one attached hydrogen (secondary N) is 1. The van der Waals surface area contributed by atoms with Crippen molar-refractivity contribution in [2.45, 2.75) is 31.8 Å². The van der Waals surface area contributed by atoms with Gasteiger partial charge in [0.15, 0.2) is 6.04 Å². The van der Waals surface area contributed by atoms with Gasteiger partial charge in [0.2, 0.25) is 0 Å². The Hall–Kier alpha value is -1.75. The molecule has 5 heteroatoms. The number of hydrogen-bond acceptors (Lipinski definition) is 3. The van der Waals surface area contributed by atoms with Gasteiger partial charge in [-0.3, -0.25) is 4.79 Å². The minimum Gasteiger partial charge on any atom is -0.497 e. The van der Waals surface area contributed by atoms with Crippen LogP contribution in [0.15, 0.2) is 18.2 Å². The van der Waals surface area contributed by atoms with E-state index in [9.17, 15) is 4.79 Å². The zero-order valence-electron chi connectivity index (χ0n) is 12.3. The van der Waals surface area contributed by atoms with Crippen LogP contribution < -0.4 is 20.1 Å². The molecule has 110 valence electrons. The molecule has 1 aromatic carbocycles. The second kappa shape index (κ2) is 6.13. The average molecular weight is 279 g/mol. The summed E-state index contributed by atoms with van der Waals surface area (Å²) in [6, 6.07) is 5.91. The Balaban J connectivity index is 2.32. The molecule has 1 saturated heterocycles. The Kier molecular flexibility index (Phi) is 4.49. The number of rotatable bonds is 5. The maximum atomic E-state index is 11.5. The van der Waals surface area contributed by atoms with E-state index in [1.807, 2.05) is 25.1 Å². The van der Waals surface area contributed by atoms with E-state index in [-0.39, 0.29) is 18.0 Å². The number of nitrogens with two attached hydrogens (primary N) is 1. The van der Waals surface area contributed by atoms with Gasteiger partial charge < -0.3 is 20.1 Å². The van der Waals surface area contributed by atoms with E-state index in [0.29, 0.717) is 0 Å². The van der Waals surface area contributed by atoms with Crippen LogP contribution in [-0.4, -0.2) is 32.7 Å². The van der Waals surface area contributed by atoms with E-state index in [0.717, 1.165) is 36.4 Å². The molecule has 3 N–H and O–H groups in total. The number of ether oxygens (including phenoxy) is 2. The second-order valence-corrected chi connectivity index (χ2v) is 5.25. The number of methoxy groups -OCH3 is 2. The topological polar surface area (TPSA) is 66.0 Å². The van der Waals surface area contributed by atoms with Gasteiger partial charge in [0, 0.05) is 18.9 Å². The van der Waals surface area contributed by atoms with E-state index < -0.39 is 0 Å². The van der Waals surface area contributed by atoms with Crippen LogP contribution in [-0.2, 0) is 4.79 Å². The van der Waals surface area contributed by atoms with Gasteiger partial charge in [0.25, 0.3) is 5.91 Å². The summed E-state index contributed by atoms with van der Waals surface area (Å²) in [6.07, 6.45) is 2.13. The van der Waals surface area contributed by atoms with Gasteiger partial charge in [-0.1, -0.05) is 0 Å². The first kappa shape index (κ1) is 14.7. The number of primary amides is 1. The summed E-state index contributed by atoms with van der Waals surface area (Å²) in [5.41, 5.74) is 6.58. The molecule has 1 unspecified atom stereocenters. The maximum absolute atomic E-state index is 11.5. The first-order valence-electron chi connectivity index (χ1n) is 6.95. The van der Waals surface area contributed by atoms with Gasteiger partial charge in [0.1, 0.15) is 17.5 Å². The number of quaternary nitrogens is 1. The van der Waals surface area contributed by atoms with Gasteiger partial charge >= 0.3 is 0 Å². The van der Waals surface area contributed by atoms with Crippen LogP contribution in [0, 0.1) is 0 Å². The lowest BCUT2D eigenvalue weighted by molar-refractivity contribution is -0.932. The average Bonchev–Trinajstić information content (AvgIpc) is 2.94. The van der Waals surface area contributed by atoms with E-state index in [1.54, 1.807) is 14.2 Å². The molecular formula is C15H23N2O3+. The summed E-state index contributed by atoms with van der Waals surface area (Å²) in [7, 11) is 3.29. The lowest BCUT2D eigenvalue weighted by Gasteiger charge is -2.27. The molecule has 0 radical (unpaired) electrons. The first-order valence-corrected chi connectivity index (χ1v) is 6.95. The quantitative estimate of drug-likeness (QED) is 0.814. The molecule has 1 amide bonds. The molecule has 20 heavy (non-hydrogen) atoms. The monoisotopic (exact) mass is 279 g/mol. The van der Waals surface area contributed by atoms with Crippen LogP contribution in [0.4, 0.5) is 0 Å². The van der Waals surface area contributed by atoms with Gasteiger partial charge in [-0.15, -0.1) is 0 Å². The fourth-order valence-electron chi connectivity index (χ4n) is 3.03. The number of likely N-dealkylation sites (tertiary alicyclic amines) is 1. The molecule has 0 aromatic heterocycles. The Morgan fingerprint density at radius 1 is 1.40 bits per heavy atom. The molecule has 3 atom stereocenters. The third-order valence-electron chi connectivity index (χ3n) is 4.20. The van der Waals surface area contributed by atoms with Crippen molar-refractivity contribution in [3.05, 3.63) is 23.8 Å². The SMILES string of the molecule is COc1ccc([C@H]2CCC[NH+]2[C@H](C)C(N)=O)c(OC)c1. The largest absolute Gasteiger partial charge is 0.497 e. The van der Waals surface area contributed by atoms with Crippen molar-refractivity contribution in [3.8, 4) is 11.5 Å². The summed E-state index contributed by atoms with van der Waals surface area (Å²) in [5.74, 6) is 1.33. The fourth-order valence-corrected chi connectivity index (χ4v) is 3.03. The van der Waals surface area contributed by atoms with Crippen molar-refractivity contribution in [2.75, 3.05) is 20.8 Å². The summed E-state index contributed by atoms with van der Waals surface area (Å²) >= 11 is 0. The molecular weight excluding hydrogens is 256 g/mol. The predicted octanol–water partition coefficient (Wildman–Crippen LogP) is 0.297. The molecule has 1 fully saturated rings. The lowest BCUT2D eigenvalue weighted by Crippen LogP contribution is -3.15. The van der Waals surface area contributed by atoms with Crippen molar-refractivity contribution in [1.82, 2.24) is 0 Å². The normalized spacial score (nSPS) is 23.4. The minimum atomic E-state index is -0.251. The minimum absolute atomic E-state index is 0.186. The van der Waals surface area contributed by atoms with Crippen LogP contribution in [0.25, 0.3) is 0 Å².